The SMILES string of the molecule is C=CC1=CCC2(Cl)C(=O)N(CBr)C(=O)C2(Cl)C1c1c(O)ccc2ccccc12. The molecule has 4 rings (SSSR count). The number of imide groups is 1. The van der Waals surface area contributed by atoms with Crippen molar-refractivity contribution in [2.24, 2.45) is 0 Å². The van der Waals surface area contributed by atoms with Gasteiger partial charge in [0.2, 0.25) is 0 Å². The maximum atomic E-state index is 13.3. The Balaban J connectivity index is 2.08. The molecule has 1 fully saturated rings. The minimum atomic E-state index is -1.79. The van der Waals surface area contributed by atoms with Crippen molar-refractivity contribution in [2.75, 3.05) is 5.45 Å². The lowest BCUT2D eigenvalue weighted by molar-refractivity contribution is -0.138. The highest BCUT2D eigenvalue weighted by Gasteiger charge is 2.72. The average Bonchev–Trinajstić information content (AvgIpc) is 2.85. The second-order valence-electron chi connectivity index (χ2n) is 6.94. The molecule has 2 aromatic rings. The van der Waals surface area contributed by atoms with Gasteiger partial charge in [-0.05, 0) is 28.8 Å². The number of nitrogens with zero attached hydrogens (tertiary/aromatic N) is 1. The average molecular weight is 481 g/mol. The van der Waals surface area contributed by atoms with E-state index in [-0.39, 0.29) is 17.6 Å². The number of likely N-dealkylation sites (tertiary alicyclic amines) is 1. The molecule has 3 unspecified atom stereocenters. The van der Waals surface area contributed by atoms with Crippen LogP contribution >= 0.6 is 39.1 Å². The van der Waals surface area contributed by atoms with Crippen LogP contribution in [-0.2, 0) is 9.59 Å². The predicted octanol–water partition coefficient (Wildman–Crippen LogP) is 4.82. The van der Waals surface area contributed by atoms with Crippen LogP contribution in [0.4, 0.5) is 0 Å². The molecule has 2 amide bonds. The molecule has 7 heteroatoms. The van der Waals surface area contributed by atoms with Crippen LogP contribution in [0, 0.1) is 0 Å². The van der Waals surface area contributed by atoms with Gasteiger partial charge in [0.25, 0.3) is 11.8 Å². The van der Waals surface area contributed by atoms with Crippen molar-refractivity contribution in [1.82, 2.24) is 4.90 Å². The highest BCUT2D eigenvalue weighted by atomic mass is 79.9. The molecule has 4 nitrogen and oxygen atoms in total. The third kappa shape index (κ3) is 2.30. The summed E-state index contributed by atoms with van der Waals surface area (Å²) in [5, 5.41) is 12.4. The molecule has 0 radical (unpaired) electrons. The van der Waals surface area contributed by atoms with E-state index in [4.69, 9.17) is 23.2 Å². The zero-order valence-electron chi connectivity index (χ0n) is 14.7. The number of aromatic hydroxyl groups is 1. The van der Waals surface area contributed by atoms with Gasteiger partial charge in [-0.2, -0.15) is 0 Å². The summed E-state index contributed by atoms with van der Waals surface area (Å²) in [6, 6.07) is 10.8. The van der Waals surface area contributed by atoms with Crippen molar-refractivity contribution in [3.05, 3.63) is 66.3 Å². The van der Waals surface area contributed by atoms with E-state index in [9.17, 15) is 14.7 Å². The number of alkyl halides is 3. The monoisotopic (exact) mass is 479 g/mol. The van der Waals surface area contributed by atoms with Crippen LogP contribution in [0.15, 0.2) is 60.7 Å². The molecule has 1 aliphatic carbocycles. The number of hydrogen-bond donors (Lipinski definition) is 1. The first kappa shape index (κ1) is 19.5. The second kappa shape index (κ2) is 6.61. The summed E-state index contributed by atoms with van der Waals surface area (Å²) in [7, 11) is 0. The molecule has 28 heavy (non-hydrogen) atoms. The van der Waals surface area contributed by atoms with Crippen LogP contribution in [0.3, 0.4) is 0 Å². The van der Waals surface area contributed by atoms with Crippen molar-refractivity contribution < 1.29 is 14.7 Å². The van der Waals surface area contributed by atoms with Crippen molar-refractivity contribution in [3.8, 4) is 5.75 Å². The number of carbonyl (C=O) groups is 2. The third-order valence-corrected chi connectivity index (χ3v) is 7.57. The van der Waals surface area contributed by atoms with Gasteiger partial charge in [0.15, 0.2) is 9.75 Å². The summed E-state index contributed by atoms with van der Waals surface area (Å²) >= 11 is 17.0. The molecular weight excluding hydrogens is 465 g/mol. The van der Waals surface area contributed by atoms with E-state index in [0.29, 0.717) is 11.1 Å². The van der Waals surface area contributed by atoms with E-state index in [0.717, 1.165) is 15.7 Å². The van der Waals surface area contributed by atoms with E-state index in [1.165, 1.54) is 0 Å². The first-order chi connectivity index (χ1) is 13.3. The summed E-state index contributed by atoms with van der Waals surface area (Å²) in [6.45, 7) is 3.85. The van der Waals surface area contributed by atoms with Crippen LogP contribution in [-0.4, -0.2) is 37.0 Å². The standard InChI is InChI=1S/C21H16BrCl2NO3/c1-2-12-9-10-20(23)18(27)25(11-22)19(28)21(20,24)17(12)16-14-6-4-3-5-13(14)7-8-15(16)26/h2-9,17,26H,1,10-11H2. The van der Waals surface area contributed by atoms with Gasteiger partial charge in [-0.25, -0.2) is 0 Å². The highest BCUT2D eigenvalue weighted by molar-refractivity contribution is 9.09. The summed E-state index contributed by atoms with van der Waals surface area (Å²) in [5.41, 5.74) is 1.10. The number of rotatable bonds is 3. The lowest BCUT2D eigenvalue weighted by Gasteiger charge is -2.42. The zero-order valence-corrected chi connectivity index (χ0v) is 17.8. The molecule has 0 bridgehead atoms. The molecule has 0 aromatic heterocycles. The van der Waals surface area contributed by atoms with Gasteiger partial charge < -0.3 is 5.11 Å². The molecule has 3 atom stereocenters. The summed E-state index contributed by atoms with van der Waals surface area (Å²) in [6.07, 6.45) is 3.46. The van der Waals surface area contributed by atoms with Crippen LogP contribution in [0.1, 0.15) is 17.9 Å². The number of amides is 2. The predicted molar refractivity (Wildman–Crippen MR) is 114 cm³/mol. The van der Waals surface area contributed by atoms with Crippen LogP contribution in [0.25, 0.3) is 10.8 Å². The largest absolute Gasteiger partial charge is 0.508 e. The Bertz CT molecular complexity index is 1070. The second-order valence-corrected chi connectivity index (χ2v) is 8.68. The molecule has 1 N–H and O–H groups in total. The van der Waals surface area contributed by atoms with Gasteiger partial charge in [-0.1, -0.05) is 65.0 Å². The van der Waals surface area contributed by atoms with Crippen molar-refractivity contribution in [2.45, 2.75) is 22.1 Å². The first-order valence-electron chi connectivity index (χ1n) is 8.64. The molecule has 0 spiro atoms. The molecule has 1 saturated heterocycles. The third-order valence-electron chi connectivity index (χ3n) is 5.66. The number of halogens is 3. The molecule has 1 aliphatic heterocycles. The lowest BCUT2D eigenvalue weighted by atomic mass is 9.67. The van der Waals surface area contributed by atoms with E-state index < -0.39 is 27.5 Å². The zero-order chi connectivity index (χ0) is 20.3. The summed E-state index contributed by atoms with van der Waals surface area (Å²) in [4.78, 5) is 23.9. The fourth-order valence-electron chi connectivity index (χ4n) is 4.28. The Hall–Kier alpha value is -1.82. The highest BCUT2D eigenvalue weighted by Crippen LogP contribution is 2.60. The number of carbonyl (C=O) groups excluding carboxylic acids is 2. The summed E-state index contributed by atoms with van der Waals surface area (Å²) < 4.78 is 0. The Morgan fingerprint density at radius 3 is 2.61 bits per heavy atom. The van der Waals surface area contributed by atoms with Crippen molar-refractivity contribution in [1.29, 1.82) is 0 Å². The summed E-state index contributed by atoms with van der Waals surface area (Å²) in [5.74, 6) is -1.99. The Kier molecular flexibility index (Phi) is 4.60. The molecular formula is C21H16BrCl2NO3. The Labute approximate surface area is 180 Å². The number of fused-ring (bicyclic) bond motifs is 2. The Morgan fingerprint density at radius 2 is 1.93 bits per heavy atom. The Morgan fingerprint density at radius 1 is 1.21 bits per heavy atom. The molecule has 144 valence electrons. The minimum Gasteiger partial charge on any atom is -0.508 e. The normalized spacial score (nSPS) is 29.8. The number of allylic oxidation sites excluding steroid dienone is 3. The van der Waals surface area contributed by atoms with Gasteiger partial charge >= 0.3 is 0 Å². The number of phenols is 1. The topological polar surface area (TPSA) is 57.6 Å². The van der Waals surface area contributed by atoms with Gasteiger partial charge in [-0.3, -0.25) is 14.5 Å². The van der Waals surface area contributed by atoms with Crippen LogP contribution in [0.5, 0.6) is 5.75 Å². The number of phenolic OH excluding ortho intramolecular Hbond substituents is 1. The fourth-order valence-corrected chi connectivity index (χ4v) is 5.60. The van der Waals surface area contributed by atoms with Gasteiger partial charge in [0.05, 0.1) is 5.45 Å². The van der Waals surface area contributed by atoms with Crippen molar-refractivity contribution >= 4 is 61.7 Å². The molecule has 1 heterocycles. The van der Waals surface area contributed by atoms with E-state index in [2.05, 4.69) is 22.5 Å². The minimum absolute atomic E-state index is 0.00866. The number of hydrogen-bond acceptors (Lipinski definition) is 3. The van der Waals surface area contributed by atoms with Crippen LogP contribution in [0.2, 0.25) is 0 Å². The molecule has 2 aliphatic rings. The molecule has 2 aromatic carbocycles. The van der Waals surface area contributed by atoms with Gasteiger partial charge in [0, 0.05) is 11.5 Å². The maximum Gasteiger partial charge on any atom is 0.254 e. The van der Waals surface area contributed by atoms with Gasteiger partial charge in [0.1, 0.15) is 5.75 Å². The quantitative estimate of drug-likeness (QED) is 0.389. The molecule has 0 saturated carbocycles. The lowest BCUT2D eigenvalue weighted by Crippen LogP contribution is -2.54. The van der Waals surface area contributed by atoms with E-state index in [1.807, 2.05) is 24.3 Å². The van der Waals surface area contributed by atoms with Crippen molar-refractivity contribution in [3.63, 3.8) is 0 Å². The number of benzene rings is 2. The smallest absolute Gasteiger partial charge is 0.254 e. The van der Waals surface area contributed by atoms with Crippen LogP contribution < -0.4 is 0 Å². The fraction of sp³-hybridized carbons (Fsp3) is 0.238. The van der Waals surface area contributed by atoms with Gasteiger partial charge in [-0.15, -0.1) is 23.2 Å². The van der Waals surface area contributed by atoms with E-state index in [1.54, 1.807) is 24.3 Å². The first-order valence-corrected chi connectivity index (χ1v) is 10.5. The van der Waals surface area contributed by atoms with E-state index >= 15 is 0 Å². The maximum absolute atomic E-state index is 13.3.